The Bertz CT molecular complexity index is 396. The molecule has 0 heterocycles. The first-order valence-corrected chi connectivity index (χ1v) is 9.25. The zero-order chi connectivity index (χ0) is 16.3. The van der Waals surface area contributed by atoms with Gasteiger partial charge in [0.1, 0.15) is 0 Å². The summed E-state index contributed by atoms with van der Waals surface area (Å²) in [5, 5.41) is 0. The molecule has 0 aromatic heterocycles. The van der Waals surface area contributed by atoms with Gasteiger partial charge in [0.15, 0.2) is 0 Å². The van der Waals surface area contributed by atoms with Crippen LogP contribution in [0.2, 0.25) is 0 Å². The van der Waals surface area contributed by atoms with Gasteiger partial charge in [-0.15, -0.1) is 0 Å². The summed E-state index contributed by atoms with van der Waals surface area (Å²) in [6.07, 6.45) is 24.5. The van der Waals surface area contributed by atoms with Gasteiger partial charge in [0.2, 0.25) is 0 Å². The molecule has 0 amide bonds. The van der Waals surface area contributed by atoms with Crippen LogP contribution in [0, 0.1) is 0 Å². The minimum absolute atomic E-state index is 0.563. The molecule has 0 N–H and O–H groups in total. The fourth-order valence-corrected chi connectivity index (χ4v) is 4.42. The van der Waals surface area contributed by atoms with Gasteiger partial charge in [-0.2, -0.15) is 0 Å². The summed E-state index contributed by atoms with van der Waals surface area (Å²) in [4.78, 5) is 0. The van der Waals surface area contributed by atoms with E-state index in [1.165, 1.54) is 51.4 Å². The van der Waals surface area contributed by atoms with Crippen molar-refractivity contribution in [3.63, 3.8) is 0 Å². The zero-order valence-corrected chi connectivity index (χ0v) is 14.2. The fraction of sp³-hybridized carbons (Fsp3) is 0.500. The van der Waals surface area contributed by atoms with E-state index in [0.29, 0.717) is 17.1 Å². The number of halogens is 4. The van der Waals surface area contributed by atoms with Crippen LogP contribution in [0.1, 0.15) is 51.4 Å². The molecule has 0 atom stereocenters. The molecular weight excluding hydrogens is 382 g/mol. The van der Waals surface area contributed by atoms with E-state index in [4.69, 9.17) is 0 Å². The summed E-state index contributed by atoms with van der Waals surface area (Å²) in [6.45, 7) is 0. The standard InChI is InChI=1S/2C8H11.BF4.Rh/c2*1-2-4-6-8-7-5-3-1;2-1(3,4)5;/h2*1-2,7H,3-6H2;;/q;;-1;/b2*2-1-,8-7?;;. The molecule has 0 aromatic carbocycles. The van der Waals surface area contributed by atoms with Crippen LogP contribution in [0.3, 0.4) is 0 Å². The van der Waals surface area contributed by atoms with E-state index in [1.807, 2.05) is 0 Å². The van der Waals surface area contributed by atoms with Gasteiger partial charge >= 0.3 is 121 Å². The van der Waals surface area contributed by atoms with E-state index >= 15 is 0 Å². The SMILES string of the molecule is C1=C\CC/[C]([Rh]/[C]2=C/CC/C=C\CC2)=C\CC/1.F[B-](F)(F)F. The molecule has 22 heavy (non-hydrogen) atoms. The maximum atomic E-state index is 9.75. The Hall–Kier alpha value is -0.632. The molecule has 0 saturated carbocycles. The first kappa shape index (κ1) is 19.4. The van der Waals surface area contributed by atoms with Gasteiger partial charge in [-0.25, -0.2) is 0 Å². The molecule has 0 nitrogen and oxygen atoms in total. The van der Waals surface area contributed by atoms with Gasteiger partial charge < -0.3 is 17.3 Å². The molecule has 127 valence electrons. The summed E-state index contributed by atoms with van der Waals surface area (Å²) >= 11 is 0.563. The van der Waals surface area contributed by atoms with Crippen LogP contribution < -0.4 is 0 Å². The maximum absolute atomic E-state index is 9.75. The summed E-state index contributed by atoms with van der Waals surface area (Å²) in [6, 6.07) is 0. The molecule has 2 aliphatic rings. The number of hydrogen-bond donors (Lipinski definition) is 0. The van der Waals surface area contributed by atoms with Gasteiger partial charge in [0, 0.05) is 0 Å². The van der Waals surface area contributed by atoms with Crippen molar-refractivity contribution in [2.24, 2.45) is 0 Å². The second-order valence-corrected chi connectivity index (χ2v) is 7.51. The van der Waals surface area contributed by atoms with Gasteiger partial charge in [0.05, 0.1) is 0 Å². The van der Waals surface area contributed by atoms with Gasteiger partial charge in [0.25, 0.3) is 0 Å². The quantitative estimate of drug-likeness (QED) is 0.284. The summed E-state index contributed by atoms with van der Waals surface area (Å²) in [7, 11) is -6.00. The third-order valence-corrected chi connectivity index (χ3v) is 5.55. The largest absolute Gasteiger partial charge is 0.673 e. The number of rotatable bonds is 2. The normalized spacial score (nSPS) is 27.5. The van der Waals surface area contributed by atoms with Crippen molar-refractivity contribution >= 4 is 7.25 Å². The van der Waals surface area contributed by atoms with Gasteiger partial charge in [-0.1, -0.05) is 0 Å². The van der Waals surface area contributed by atoms with Crippen molar-refractivity contribution in [1.82, 2.24) is 0 Å². The Labute approximate surface area is 138 Å². The van der Waals surface area contributed by atoms with E-state index in [1.54, 1.807) is 8.33 Å². The topological polar surface area (TPSA) is 0 Å². The van der Waals surface area contributed by atoms with Crippen LogP contribution in [0.15, 0.2) is 44.8 Å². The van der Waals surface area contributed by atoms with Crippen molar-refractivity contribution in [1.29, 1.82) is 0 Å². The van der Waals surface area contributed by atoms with Crippen LogP contribution in [0.25, 0.3) is 0 Å². The van der Waals surface area contributed by atoms with Crippen LogP contribution >= 0.6 is 0 Å². The van der Waals surface area contributed by atoms with Crippen LogP contribution in [0.4, 0.5) is 17.3 Å². The molecule has 0 aliphatic heterocycles. The Balaban J connectivity index is 0.000000422. The first-order valence-electron chi connectivity index (χ1n) is 7.61. The summed E-state index contributed by atoms with van der Waals surface area (Å²) in [5.41, 5.74) is 0. The first-order chi connectivity index (χ1) is 10.4. The van der Waals surface area contributed by atoms with Crippen molar-refractivity contribution in [3.8, 4) is 0 Å². The van der Waals surface area contributed by atoms with E-state index in [0.717, 1.165) is 0 Å². The smallest absolute Gasteiger partial charge is 0.418 e. The molecule has 2 aliphatic carbocycles. The fourth-order valence-electron chi connectivity index (χ4n) is 2.05. The van der Waals surface area contributed by atoms with E-state index in [-0.39, 0.29) is 0 Å². The third-order valence-electron chi connectivity index (χ3n) is 3.00. The minimum atomic E-state index is -6.00. The molecule has 2 rings (SSSR count). The minimum Gasteiger partial charge on any atom is -0.418 e. The van der Waals surface area contributed by atoms with E-state index < -0.39 is 7.25 Å². The van der Waals surface area contributed by atoms with Crippen molar-refractivity contribution in [2.75, 3.05) is 0 Å². The monoisotopic (exact) mass is 404 g/mol. The molecule has 0 aromatic rings. The van der Waals surface area contributed by atoms with Crippen LogP contribution in [-0.2, 0) is 17.1 Å². The summed E-state index contributed by atoms with van der Waals surface area (Å²) in [5.74, 6) is 0. The molecule has 0 unspecified atom stereocenters. The number of allylic oxidation sites excluding steroid dienone is 8. The Morgan fingerprint density at radius 3 is 1.41 bits per heavy atom. The van der Waals surface area contributed by atoms with E-state index in [9.17, 15) is 17.3 Å². The third kappa shape index (κ3) is 12.0. The Kier molecular flexibility index (Phi) is 9.70. The Morgan fingerprint density at radius 2 is 1.00 bits per heavy atom. The van der Waals surface area contributed by atoms with E-state index in [2.05, 4.69) is 36.5 Å². The van der Waals surface area contributed by atoms with Crippen LogP contribution in [0.5, 0.6) is 0 Å². The molecule has 0 bridgehead atoms. The summed E-state index contributed by atoms with van der Waals surface area (Å²) < 4.78 is 42.5. The second-order valence-electron chi connectivity index (χ2n) is 5.00. The Morgan fingerprint density at radius 1 is 0.636 bits per heavy atom. The maximum Gasteiger partial charge on any atom is 0.673 e. The zero-order valence-electron chi connectivity index (χ0n) is 12.5. The van der Waals surface area contributed by atoms with Crippen molar-refractivity contribution < 1.29 is 34.4 Å². The predicted octanol–water partition coefficient (Wildman–Crippen LogP) is 6.40. The average Bonchev–Trinajstić information content (AvgIpc) is 2.32. The van der Waals surface area contributed by atoms with Crippen LogP contribution in [-0.4, -0.2) is 7.25 Å². The molecular formula is C16H22BF4Rh-. The average molecular weight is 404 g/mol. The van der Waals surface area contributed by atoms with Gasteiger partial charge in [-0.05, 0) is 0 Å². The number of hydrogen-bond acceptors (Lipinski definition) is 0. The second kappa shape index (κ2) is 11.0. The van der Waals surface area contributed by atoms with Crippen molar-refractivity contribution in [3.05, 3.63) is 44.8 Å². The molecule has 0 saturated heterocycles. The predicted molar refractivity (Wildman–Crippen MR) is 81.6 cm³/mol. The molecule has 6 heteroatoms. The molecule has 0 radical (unpaired) electrons. The van der Waals surface area contributed by atoms with Crippen molar-refractivity contribution in [2.45, 2.75) is 51.4 Å². The molecule has 0 fully saturated rings. The van der Waals surface area contributed by atoms with Gasteiger partial charge in [-0.3, -0.25) is 0 Å². The molecule has 0 spiro atoms.